The lowest BCUT2D eigenvalue weighted by Crippen LogP contribution is -2.16. The Hall–Kier alpha value is -2.28. The molecule has 0 aliphatic carbocycles. The van der Waals surface area contributed by atoms with E-state index in [2.05, 4.69) is 5.32 Å². The molecule has 0 aliphatic rings. The Labute approximate surface area is 176 Å². The average Bonchev–Trinajstić information content (AvgIpc) is 3.11. The third kappa shape index (κ3) is 4.95. The molecule has 1 N–H and O–H groups in total. The van der Waals surface area contributed by atoms with Gasteiger partial charge < -0.3 is 10.1 Å². The second kappa shape index (κ2) is 9.78. The number of carbonyl (C=O) groups excluding carboxylic acids is 2. The maximum Gasteiger partial charge on any atom is 0.341 e. The molecule has 4 nitrogen and oxygen atoms in total. The number of benzene rings is 2. The normalized spacial score (nSPS) is 10.5. The first-order valence-electron chi connectivity index (χ1n) is 8.61. The maximum atomic E-state index is 12.6. The van der Waals surface area contributed by atoms with Crippen molar-refractivity contribution in [1.82, 2.24) is 0 Å². The van der Waals surface area contributed by atoms with Crippen LogP contribution in [0.3, 0.4) is 0 Å². The monoisotopic (exact) mass is 431 g/mol. The van der Waals surface area contributed by atoms with E-state index in [1.165, 1.54) is 23.1 Å². The summed E-state index contributed by atoms with van der Waals surface area (Å²) in [6, 6.07) is 16.9. The SMILES string of the molecule is CCOC(=O)c1c(-c2ccccc2Cl)csc1NC(=O)CSc1ccccc1. The van der Waals surface area contributed by atoms with Gasteiger partial charge in [-0.3, -0.25) is 4.79 Å². The van der Waals surface area contributed by atoms with Crippen LogP contribution in [0, 0.1) is 0 Å². The fraction of sp³-hybridized carbons (Fsp3) is 0.143. The van der Waals surface area contributed by atoms with Crippen LogP contribution in [-0.2, 0) is 9.53 Å². The van der Waals surface area contributed by atoms with Gasteiger partial charge in [-0.05, 0) is 25.1 Å². The van der Waals surface area contributed by atoms with Crippen LogP contribution in [0.25, 0.3) is 11.1 Å². The molecular weight excluding hydrogens is 414 g/mol. The number of halogens is 1. The van der Waals surface area contributed by atoms with Gasteiger partial charge in [-0.2, -0.15) is 0 Å². The largest absolute Gasteiger partial charge is 0.462 e. The standard InChI is InChI=1S/C21H18ClNO3S2/c1-2-26-21(25)19-16(15-10-6-7-11-17(15)22)12-28-20(19)23-18(24)13-27-14-8-4-3-5-9-14/h3-12H,2,13H2,1H3,(H,23,24). The number of ether oxygens (including phenoxy) is 1. The van der Waals surface area contributed by atoms with Crippen LogP contribution in [0.4, 0.5) is 5.00 Å². The Morgan fingerprint density at radius 3 is 2.50 bits per heavy atom. The number of amides is 1. The molecule has 0 spiro atoms. The smallest absolute Gasteiger partial charge is 0.341 e. The quantitative estimate of drug-likeness (QED) is 0.369. The first-order chi connectivity index (χ1) is 13.6. The van der Waals surface area contributed by atoms with Crippen LogP contribution in [0.2, 0.25) is 5.02 Å². The summed E-state index contributed by atoms with van der Waals surface area (Å²) in [6.45, 7) is 1.99. The van der Waals surface area contributed by atoms with Crippen molar-refractivity contribution in [1.29, 1.82) is 0 Å². The number of anilines is 1. The number of rotatable bonds is 7. The second-order valence-corrected chi connectivity index (χ2v) is 8.04. The lowest BCUT2D eigenvalue weighted by Gasteiger charge is -2.09. The number of thioether (sulfide) groups is 1. The molecule has 144 valence electrons. The topological polar surface area (TPSA) is 55.4 Å². The Morgan fingerprint density at radius 1 is 1.07 bits per heavy atom. The van der Waals surface area contributed by atoms with Gasteiger partial charge in [0.15, 0.2) is 0 Å². The van der Waals surface area contributed by atoms with Gasteiger partial charge in [0.05, 0.1) is 12.4 Å². The summed E-state index contributed by atoms with van der Waals surface area (Å²) in [7, 11) is 0. The number of hydrogen-bond donors (Lipinski definition) is 1. The summed E-state index contributed by atoms with van der Waals surface area (Å²) in [6.07, 6.45) is 0. The molecule has 28 heavy (non-hydrogen) atoms. The van der Waals surface area contributed by atoms with Crippen LogP contribution in [-0.4, -0.2) is 24.2 Å². The fourth-order valence-electron chi connectivity index (χ4n) is 2.56. The van der Waals surface area contributed by atoms with E-state index < -0.39 is 5.97 Å². The molecule has 0 saturated heterocycles. The zero-order valence-corrected chi connectivity index (χ0v) is 17.5. The van der Waals surface area contributed by atoms with Gasteiger partial charge in [0, 0.05) is 26.4 Å². The molecule has 0 saturated carbocycles. The molecule has 0 aliphatic heterocycles. The lowest BCUT2D eigenvalue weighted by molar-refractivity contribution is -0.113. The first-order valence-corrected chi connectivity index (χ1v) is 10.9. The highest BCUT2D eigenvalue weighted by Gasteiger charge is 2.23. The van der Waals surface area contributed by atoms with E-state index in [0.717, 1.165) is 10.5 Å². The number of thiophene rings is 1. The van der Waals surface area contributed by atoms with Crippen LogP contribution in [0.15, 0.2) is 64.9 Å². The third-order valence-corrected chi connectivity index (χ3v) is 6.04. The predicted molar refractivity (Wildman–Crippen MR) is 117 cm³/mol. The minimum Gasteiger partial charge on any atom is -0.462 e. The van der Waals surface area contributed by atoms with E-state index in [1.807, 2.05) is 53.9 Å². The summed E-state index contributed by atoms with van der Waals surface area (Å²) >= 11 is 9.02. The Balaban J connectivity index is 1.83. The van der Waals surface area contributed by atoms with Gasteiger partial charge in [0.2, 0.25) is 5.91 Å². The number of carbonyl (C=O) groups is 2. The molecule has 3 aromatic rings. The molecule has 0 unspecified atom stereocenters. The highest BCUT2D eigenvalue weighted by molar-refractivity contribution is 8.00. The second-order valence-electron chi connectivity index (χ2n) is 5.70. The van der Waals surface area contributed by atoms with E-state index in [4.69, 9.17) is 16.3 Å². The molecule has 0 fully saturated rings. The summed E-state index contributed by atoms with van der Waals surface area (Å²) < 4.78 is 5.21. The number of nitrogens with one attached hydrogen (secondary N) is 1. The van der Waals surface area contributed by atoms with E-state index >= 15 is 0 Å². The average molecular weight is 432 g/mol. The summed E-state index contributed by atoms with van der Waals surface area (Å²) in [5, 5.41) is 5.65. The van der Waals surface area contributed by atoms with Crippen LogP contribution in [0.5, 0.6) is 0 Å². The molecule has 1 heterocycles. The fourth-order valence-corrected chi connectivity index (χ4v) is 4.48. The van der Waals surface area contributed by atoms with E-state index in [1.54, 1.807) is 13.0 Å². The summed E-state index contributed by atoms with van der Waals surface area (Å²) in [5.74, 6) is -0.428. The molecule has 3 rings (SSSR count). The Bertz CT molecular complexity index is 973. The van der Waals surface area contributed by atoms with Crippen molar-refractivity contribution < 1.29 is 14.3 Å². The third-order valence-electron chi connectivity index (χ3n) is 3.80. The van der Waals surface area contributed by atoms with E-state index in [9.17, 15) is 9.59 Å². The van der Waals surface area contributed by atoms with Crippen molar-refractivity contribution in [3.05, 3.63) is 70.6 Å². The van der Waals surface area contributed by atoms with Crippen molar-refractivity contribution in [3.63, 3.8) is 0 Å². The van der Waals surface area contributed by atoms with Crippen molar-refractivity contribution in [2.45, 2.75) is 11.8 Å². The predicted octanol–water partition coefficient (Wildman–Crippen LogP) is 5.98. The minimum atomic E-state index is -0.482. The Kier molecular flexibility index (Phi) is 7.14. The van der Waals surface area contributed by atoms with Gasteiger partial charge >= 0.3 is 5.97 Å². The molecule has 1 aromatic heterocycles. The number of esters is 1. The lowest BCUT2D eigenvalue weighted by atomic mass is 10.0. The summed E-state index contributed by atoms with van der Waals surface area (Å²) in [4.78, 5) is 26.0. The molecule has 0 bridgehead atoms. The van der Waals surface area contributed by atoms with E-state index in [0.29, 0.717) is 21.2 Å². The molecule has 2 aromatic carbocycles. The first kappa shape index (κ1) is 20.5. The zero-order chi connectivity index (χ0) is 19.9. The maximum absolute atomic E-state index is 12.6. The minimum absolute atomic E-state index is 0.188. The molecule has 1 amide bonds. The van der Waals surface area contributed by atoms with E-state index in [-0.39, 0.29) is 18.3 Å². The highest BCUT2D eigenvalue weighted by Crippen LogP contribution is 2.39. The van der Waals surface area contributed by atoms with Gasteiger partial charge in [0.25, 0.3) is 0 Å². The van der Waals surface area contributed by atoms with Crippen LogP contribution < -0.4 is 5.32 Å². The zero-order valence-electron chi connectivity index (χ0n) is 15.1. The highest BCUT2D eigenvalue weighted by atomic mass is 35.5. The van der Waals surface area contributed by atoms with Crippen LogP contribution in [0.1, 0.15) is 17.3 Å². The van der Waals surface area contributed by atoms with Gasteiger partial charge in [-0.15, -0.1) is 23.1 Å². The van der Waals surface area contributed by atoms with Crippen molar-refractivity contribution in [2.24, 2.45) is 0 Å². The Morgan fingerprint density at radius 2 is 1.79 bits per heavy atom. The summed E-state index contributed by atoms with van der Waals surface area (Å²) in [5.41, 5.74) is 1.71. The molecule has 7 heteroatoms. The van der Waals surface area contributed by atoms with Crippen LogP contribution >= 0.6 is 34.7 Å². The number of hydrogen-bond acceptors (Lipinski definition) is 5. The van der Waals surface area contributed by atoms with Gasteiger partial charge in [-0.25, -0.2) is 4.79 Å². The van der Waals surface area contributed by atoms with Crippen molar-refractivity contribution in [3.8, 4) is 11.1 Å². The van der Waals surface area contributed by atoms with Gasteiger partial charge in [0.1, 0.15) is 10.6 Å². The van der Waals surface area contributed by atoms with Crippen molar-refractivity contribution in [2.75, 3.05) is 17.7 Å². The molecular formula is C21H18ClNO3S2. The van der Waals surface area contributed by atoms with Crippen molar-refractivity contribution >= 4 is 51.6 Å². The van der Waals surface area contributed by atoms with Gasteiger partial charge in [-0.1, -0.05) is 48.0 Å². The molecule has 0 atom stereocenters. The molecule has 0 radical (unpaired) electrons.